The van der Waals surface area contributed by atoms with Crippen molar-refractivity contribution in [3.05, 3.63) is 158 Å². The maximum atomic E-state index is 2.35. The third-order valence-electron chi connectivity index (χ3n) is 9.47. The Morgan fingerprint density at radius 3 is 1.65 bits per heavy atom. The number of hydrogen-bond acceptors (Lipinski definition) is 2. The fraction of sp³-hybridized carbons (Fsp3) is 0. The van der Waals surface area contributed by atoms with Crippen LogP contribution in [0.2, 0.25) is 0 Å². The van der Waals surface area contributed by atoms with E-state index in [0.717, 1.165) is 0 Å². The second kappa shape index (κ2) is 10.1. The van der Waals surface area contributed by atoms with Crippen LogP contribution in [0.15, 0.2) is 158 Å². The van der Waals surface area contributed by atoms with E-state index in [1.54, 1.807) is 0 Å². The summed E-state index contributed by atoms with van der Waals surface area (Å²) in [6, 6.07) is 58.2. The highest BCUT2D eigenvalue weighted by atomic mass is 32.1. The number of benzene rings is 8. The van der Waals surface area contributed by atoms with E-state index in [-0.39, 0.29) is 0 Å². The molecule has 0 N–H and O–H groups in total. The largest absolute Gasteiger partial charge is 0.134 e. The van der Waals surface area contributed by atoms with Crippen LogP contribution in [0.3, 0.4) is 0 Å². The van der Waals surface area contributed by atoms with Crippen molar-refractivity contribution in [2.45, 2.75) is 0 Å². The van der Waals surface area contributed by atoms with E-state index in [9.17, 15) is 0 Å². The lowest BCUT2D eigenvalue weighted by Gasteiger charge is -2.19. The minimum atomic E-state index is 1.26. The number of rotatable bonds is 3. The van der Waals surface area contributed by atoms with E-state index in [1.165, 1.54) is 95.3 Å². The van der Waals surface area contributed by atoms with E-state index in [0.29, 0.717) is 0 Å². The predicted molar refractivity (Wildman–Crippen MR) is 204 cm³/mol. The molecule has 0 nitrogen and oxygen atoms in total. The second-order valence-electron chi connectivity index (χ2n) is 12.0. The lowest BCUT2D eigenvalue weighted by molar-refractivity contribution is 1.68. The molecule has 10 aromatic rings. The normalized spacial score (nSPS) is 11.9. The molecule has 214 valence electrons. The zero-order valence-electron chi connectivity index (χ0n) is 24.8. The van der Waals surface area contributed by atoms with Gasteiger partial charge in [0.05, 0.1) is 0 Å². The molecule has 0 bridgehead atoms. The molecular weight excluding hydrogens is 593 g/mol. The van der Waals surface area contributed by atoms with Gasteiger partial charge in [0.2, 0.25) is 0 Å². The Labute approximate surface area is 274 Å². The summed E-state index contributed by atoms with van der Waals surface area (Å²) >= 11 is 3.85. The molecule has 0 aliphatic rings. The van der Waals surface area contributed by atoms with E-state index in [1.807, 2.05) is 22.7 Å². The zero-order valence-corrected chi connectivity index (χ0v) is 26.5. The van der Waals surface area contributed by atoms with Gasteiger partial charge in [-0.1, -0.05) is 146 Å². The van der Waals surface area contributed by atoms with Crippen molar-refractivity contribution in [1.82, 2.24) is 0 Å². The molecule has 0 saturated carbocycles. The van der Waals surface area contributed by atoms with Crippen molar-refractivity contribution in [3.63, 3.8) is 0 Å². The Balaban J connectivity index is 1.43. The summed E-state index contributed by atoms with van der Waals surface area (Å²) in [4.78, 5) is 1.33. The lowest BCUT2D eigenvalue weighted by atomic mass is 9.83. The Kier molecular flexibility index (Phi) is 5.72. The molecule has 2 aromatic heterocycles. The van der Waals surface area contributed by atoms with Crippen molar-refractivity contribution in [2.24, 2.45) is 0 Å². The monoisotopic (exact) mass is 618 g/mol. The quantitative estimate of drug-likeness (QED) is 0.173. The molecule has 8 aromatic carbocycles. The SMILES string of the molecule is c1ccc(-c2sc3ccc4c5ccccc5sc4c3c2-c2c3ccccc3c(-c3cccc4ccccc34)c3ccccc23)cc1. The first kappa shape index (κ1) is 26.0. The summed E-state index contributed by atoms with van der Waals surface area (Å²) in [5, 5.41) is 11.8. The van der Waals surface area contributed by atoms with Gasteiger partial charge in [-0.3, -0.25) is 0 Å². The summed E-state index contributed by atoms with van der Waals surface area (Å²) < 4.78 is 4.04. The molecule has 0 spiro atoms. The van der Waals surface area contributed by atoms with Crippen molar-refractivity contribution in [3.8, 4) is 32.7 Å². The summed E-state index contributed by atoms with van der Waals surface area (Å²) in [5.41, 5.74) is 6.52. The van der Waals surface area contributed by atoms with Gasteiger partial charge in [-0.05, 0) is 66.7 Å². The lowest BCUT2D eigenvalue weighted by Crippen LogP contribution is -1.92. The van der Waals surface area contributed by atoms with Gasteiger partial charge in [-0.25, -0.2) is 0 Å². The van der Waals surface area contributed by atoms with Crippen LogP contribution in [-0.2, 0) is 0 Å². The van der Waals surface area contributed by atoms with Crippen molar-refractivity contribution in [2.75, 3.05) is 0 Å². The van der Waals surface area contributed by atoms with Crippen LogP contribution in [0.5, 0.6) is 0 Å². The minimum absolute atomic E-state index is 1.26. The smallest absolute Gasteiger partial charge is 0.0448 e. The Morgan fingerprint density at radius 2 is 0.913 bits per heavy atom. The number of fused-ring (bicyclic) bond motifs is 8. The first-order valence-electron chi connectivity index (χ1n) is 15.7. The Morgan fingerprint density at radius 1 is 0.326 bits per heavy atom. The highest BCUT2D eigenvalue weighted by molar-refractivity contribution is 7.28. The highest BCUT2D eigenvalue weighted by Crippen LogP contribution is 2.54. The topological polar surface area (TPSA) is 0 Å². The maximum absolute atomic E-state index is 2.35. The molecule has 2 heteroatoms. The molecule has 0 unspecified atom stereocenters. The Hall–Kier alpha value is -5.28. The molecule has 0 saturated heterocycles. The van der Waals surface area contributed by atoms with Crippen molar-refractivity contribution < 1.29 is 0 Å². The van der Waals surface area contributed by atoms with E-state index in [4.69, 9.17) is 0 Å². The second-order valence-corrected chi connectivity index (χ2v) is 14.1. The molecule has 46 heavy (non-hydrogen) atoms. The van der Waals surface area contributed by atoms with Gasteiger partial charge in [0, 0.05) is 40.7 Å². The predicted octanol–water partition coefficient (Wildman–Crippen LogP) is 13.7. The zero-order chi connectivity index (χ0) is 30.2. The average Bonchev–Trinajstić information content (AvgIpc) is 3.70. The van der Waals surface area contributed by atoms with Crippen molar-refractivity contribution >= 4 is 85.2 Å². The van der Waals surface area contributed by atoms with Gasteiger partial charge in [0.15, 0.2) is 0 Å². The van der Waals surface area contributed by atoms with Gasteiger partial charge in [0.1, 0.15) is 0 Å². The molecule has 0 aliphatic carbocycles. The van der Waals surface area contributed by atoms with Crippen LogP contribution in [0, 0.1) is 0 Å². The maximum Gasteiger partial charge on any atom is 0.0448 e. The molecule has 2 heterocycles. The number of thiophene rings is 2. The first-order chi connectivity index (χ1) is 22.8. The molecule has 0 radical (unpaired) electrons. The third kappa shape index (κ3) is 3.72. The van der Waals surface area contributed by atoms with Gasteiger partial charge in [-0.15, -0.1) is 22.7 Å². The van der Waals surface area contributed by atoms with E-state index >= 15 is 0 Å². The number of hydrogen-bond donors (Lipinski definition) is 0. The van der Waals surface area contributed by atoms with Crippen LogP contribution in [-0.4, -0.2) is 0 Å². The fourth-order valence-corrected chi connectivity index (χ4v) is 10.1. The molecule has 0 amide bonds. The summed E-state index contributed by atoms with van der Waals surface area (Å²) in [7, 11) is 0. The summed E-state index contributed by atoms with van der Waals surface area (Å²) in [6.07, 6.45) is 0. The molecule has 0 atom stereocenters. The van der Waals surface area contributed by atoms with E-state index < -0.39 is 0 Å². The van der Waals surface area contributed by atoms with Crippen LogP contribution < -0.4 is 0 Å². The van der Waals surface area contributed by atoms with Gasteiger partial charge in [-0.2, -0.15) is 0 Å². The van der Waals surface area contributed by atoms with Gasteiger partial charge >= 0.3 is 0 Å². The molecule has 10 rings (SSSR count). The van der Waals surface area contributed by atoms with Crippen LogP contribution >= 0.6 is 22.7 Å². The summed E-state index contributed by atoms with van der Waals surface area (Å²) in [6.45, 7) is 0. The highest BCUT2D eigenvalue weighted by Gasteiger charge is 2.25. The van der Waals surface area contributed by atoms with Gasteiger partial charge < -0.3 is 0 Å². The average molecular weight is 619 g/mol. The van der Waals surface area contributed by atoms with Crippen LogP contribution in [0.4, 0.5) is 0 Å². The van der Waals surface area contributed by atoms with Gasteiger partial charge in [0.25, 0.3) is 0 Å². The molecule has 0 aliphatic heterocycles. The van der Waals surface area contributed by atoms with Crippen LogP contribution in [0.25, 0.3) is 95.3 Å². The first-order valence-corrected chi connectivity index (χ1v) is 17.3. The Bertz CT molecular complexity index is 2740. The standard InChI is InChI=1S/C44H26S2/c1-2-14-28(15-3-1)43-42(41-38(46-43)26-25-36-30-18-10-11-24-37(30)45-44(36)41)40-34-21-8-6-19-32(34)39(33-20-7-9-22-35(33)40)31-23-12-16-27-13-4-5-17-29(27)31/h1-26H. The van der Waals surface area contributed by atoms with Crippen molar-refractivity contribution in [1.29, 1.82) is 0 Å². The van der Waals surface area contributed by atoms with E-state index in [2.05, 4.69) is 158 Å². The molecule has 0 fully saturated rings. The molecular formula is C44H26S2. The minimum Gasteiger partial charge on any atom is -0.134 e. The fourth-order valence-electron chi connectivity index (χ4n) is 7.53. The summed E-state index contributed by atoms with van der Waals surface area (Å²) in [5.74, 6) is 0. The van der Waals surface area contributed by atoms with Crippen LogP contribution in [0.1, 0.15) is 0 Å². The third-order valence-corrected chi connectivity index (χ3v) is 11.9.